The molecule has 258 valence electrons. The molecule has 0 amide bonds. The summed E-state index contributed by atoms with van der Waals surface area (Å²) in [7, 11) is -2.86. The van der Waals surface area contributed by atoms with E-state index in [4.69, 9.17) is 47.1 Å². The lowest BCUT2D eigenvalue weighted by atomic mass is 10.1. The van der Waals surface area contributed by atoms with E-state index < -0.39 is 74.9 Å². The van der Waals surface area contributed by atoms with E-state index in [1.54, 1.807) is 0 Å². The fourth-order valence-corrected chi connectivity index (χ4v) is 12.4. The lowest BCUT2D eigenvalue weighted by molar-refractivity contribution is -0.275. The first kappa shape index (κ1) is 33.7. The average molecular weight is 671 g/mol. The molecular formula is C36H50O10Si. The third-order valence-corrected chi connectivity index (χ3v) is 14.7. The maximum atomic E-state index is 7.30. The van der Waals surface area contributed by atoms with Crippen molar-refractivity contribution in [3.63, 3.8) is 0 Å². The second-order valence-electron chi connectivity index (χ2n) is 15.6. The second-order valence-corrected chi connectivity index (χ2v) is 19.9. The molecule has 0 aliphatic carbocycles. The molecule has 11 heteroatoms. The molecule has 0 aromatic heterocycles. The molecule has 10 nitrogen and oxygen atoms in total. The topological polar surface area (TPSA) is 92.3 Å². The molecule has 0 N–H and O–H groups in total. The van der Waals surface area contributed by atoms with E-state index in [0.29, 0.717) is 6.61 Å². The minimum absolute atomic E-state index is 0.206. The maximum absolute atomic E-state index is 7.30. The molecule has 0 spiro atoms. The lowest BCUT2D eigenvalue weighted by Crippen LogP contribution is -2.67. The molecule has 0 saturated carbocycles. The summed E-state index contributed by atoms with van der Waals surface area (Å²) in [6, 6.07) is 21.1. The van der Waals surface area contributed by atoms with Crippen molar-refractivity contribution in [1.29, 1.82) is 0 Å². The largest absolute Gasteiger partial charge is 0.405 e. The zero-order valence-corrected chi connectivity index (χ0v) is 30.0. The van der Waals surface area contributed by atoms with Crippen LogP contribution >= 0.6 is 0 Å². The zero-order valence-electron chi connectivity index (χ0n) is 29.0. The van der Waals surface area contributed by atoms with Crippen LogP contribution in [0.4, 0.5) is 0 Å². The Balaban J connectivity index is 1.18. The summed E-state index contributed by atoms with van der Waals surface area (Å²) in [6.45, 7) is 18.8. The number of rotatable bonds is 8. The van der Waals surface area contributed by atoms with Gasteiger partial charge >= 0.3 is 0 Å². The van der Waals surface area contributed by atoms with E-state index in [9.17, 15) is 0 Å². The van der Waals surface area contributed by atoms with Crippen molar-refractivity contribution < 1.29 is 47.1 Å². The molecule has 5 saturated heterocycles. The summed E-state index contributed by atoms with van der Waals surface area (Å²) in [6.07, 6.45) is -4.66. The molecule has 0 radical (unpaired) electrons. The van der Waals surface area contributed by atoms with Gasteiger partial charge in [-0.3, -0.25) is 0 Å². The van der Waals surface area contributed by atoms with Gasteiger partial charge in [0.25, 0.3) is 8.32 Å². The third kappa shape index (κ3) is 6.27. The van der Waals surface area contributed by atoms with Crippen LogP contribution in [0, 0.1) is 0 Å². The van der Waals surface area contributed by atoms with Gasteiger partial charge in [0.15, 0.2) is 29.9 Å². The van der Waals surface area contributed by atoms with Crippen molar-refractivity contribution in [2.45, 2.75) is 140 Å². The highest BCUT2D eigenvalue weighted by Crippen LogP contribution is 2.46. The summed E-state index contributed by atoms with van der Waals surface area (Å²) in [5.74, 6) is -2.37. The molecule has 5 fully saturated rings. The van der Waals surface area contributed by atoms with Crippen LogP contribution in [0.1, 0.15) is 62.3 Å². The first-order chi connectivity index (χ1) is 22.1. The standard InChI is InChI=1S/C36H50O10Si/c1-33(2,3)47(22-16-12-10-13-17-22,23-18-14-11-15-19-23)38-21-24-26(29-32(39-24)46-36(8,9)44-29)40-31-30-28(43-35(6,7)45-30)27(41-31)25-20-37-34(4,5)42-25/h10-19,24-32H,20-21H2,1-9H3/t24-,25?,26+,27-,28+,29-,30+,31?,32?/m1/s1. The molecule has 5 aliphatic heterocycles. The van der Waals surface area contributed by atoms with E-state index in [0.717, 1.165) is 0 Å². The van der Waals surface area contributed by atoms with Crippen molar-refractivity contribution in [1.82, 2.24) is 0 Å². The molecule has 7 rings (SSSR count). The minimum atomic E-state index is -2.86. The van der Waals surface area contributed by atoms with Crippen LogP contribution in [0.5, 0.6) is 0 Å². The van der Waals surface area contributed by atoms with Gasteiger partial charge in [-0.1, -0.05) is 81.4 Å². The quantitative estimate of drug-likeness (QED) is 0.381. The SMILES string of the molecule is CC1(C)OCC([C@H]2OC(O[C@H]3[C@@H](CO[Si](c4ccccc4)(c4ccccc4)C(C)(C)C)OC4OC(C)(C)O[C@@H]43)[C@H]3OC(C)(C)O[C@@H]23)O1. The maximum Gasteiger partial charge on any atom is 0.261 e. The Morgan fingerprint density at radius 3 is 1.83 bits per heavy atom. The summed E-state index contributed by atoms with van der Waals surface area (Å²) in [4.78, 5) is 0. The van der Waals surface area contributed by atoms with E-state index in [2.05, 4.69) is 69.3 Å². The van der Waals surface area contributed by atoms with Crippen molar-refractivity contribution in [2.24, 2.45) is 0 Å². The molecule has 3 unspecified atom stereocenters. The number of fused-ring (bicyclic) bond motifs is 2. The number of benzene rings is 2. The van der Waals surface area contributed by atoms with E-state index in [-0.39, 0.29) is 17.7 Å². The summed E-state index contributed by atoms with van der Waals surface area (Å²) >= 11 is 0. The Labute approximate surface area is 279 Å². The lowest BCUT2D eigenvalue weighted by Gasteiger charge is -2.43. The number of hydrogen-bond acceptors (Lipinski definition) is 10. The molecule has 47 heavy (non-hydrogen) atoms. The van der Waals surface area contributed by atoms with Gasteiger partial charge in [0.2, 0.25) is 0 Å². The molecule has 2 aromatic carbocycles. The van der Waals surface area contributed by atoms with Crippen molar-refractivity contribution >= 4 is 18.7 Å². The third-order valence-electron chi connectivity index (χ3n) is 9.70. The smallest absolute Gasteiger partial charge is 0.261 e. The van der Waals surface area contributed by atoms with Gasteiger partial charge < -0.3 is 47.1 Å². The Morgan fingerprint density at radius 1 is 0.681 bits per heavy atom. The van der Waals surface area contributed by atoms with Crippen molar-refractivity contribution in [2.75, 3.05) is 13.2 Å². The van der Waals surface area contributed by atoms with Crippen molar-refractivity contribution in [3.8, 4) is 0 Å². The van der Waals surface area contributed by atoms with Gasteiger partial charge in [-0.15, -0.1) is 0 Å². The molecule has 2 aromatic rings. The predicted molar refractivity (Wildman–Crippen MR) is 175 cm³/mol. The first-order valence-corrected chi connectivity index (χ1v) is 18.7. The van der Waals surface area contributed by atoms with Crippen LogP contribution in [0.25, 0.3) is 0 Å². The predicted octanol–water partition coefficient (Wildman–Crippen LogP) is 4.22. The van der Waals surface area contributed by atoms with E-state index in [1.807, 2.05) is 53.7 Å². The van der Waals surface area contributed by atoms with Crippen molar-refractivity contribution in [3.05, 3.63) is 60.7 Å². The highest BCUT2D eigenvalue weighted by atomic mass is 28.4. The molecular weight excluding hydrogens is 620 g/mol. The number of ether oxygens (including phenoxy) is 9. The molecule has 9 atom stereocenters. The number of hydrogen-bond donors (Lipinski definition) is 0. The van der Waals surface area contributed by atoms with Gasteiger partial charge in [-0.05, 0) is 57.0 Å². The second kappa shape index (κ2) is 11.9. The fourth-order valence-electron chi connectivity index (χ4n) is 7.85. The molecule has 0 bridgehead atoms. The van der Waals surface area contributed by atoms with Crippen LogP contribution in [-0.2, 0) is 47.1 Å². The zero-order chi connectivity index (χ0) is 33.4. The van der Waals surface area contributed by atoms with Crippen LogP contribution in [0.3, 0.4) is 0 Å². The molecule has 5 heterocycles. The van der Waals surface area contributed by atoms with Gasteiger partial charge in [0.1, 0.15) is 42.7 Å². The minimum Gasteiger partial charge on any atom is -0.405 e. The normalized spacial score (nSPS) is 37.3. The van der Waals surface area contributed by atoms with Gasteiger partial charge in [-0.2, -0.15) is 0 Å². The van der Waals surface area contributed by atoms with Crippen LogP contribution in [-0.4, -0.2) is 94.2 Å². The van der Waals surface area contributed by atoms with E-state index in [1.165, 1.54) is 10.4 Å². The summed E-state index contributed by atoms with van der Waals surface area (Å²) in [5, 5.41) is 2.17. The van der Waals surface area contributed by atoms with Crippen LogP contribution in [0.15, 0.2) is 60.7 Å². The highest BCUT2D eigenvalue weighted by molar-refractivity contribution is 6.99. The van der Waals surface area contributed by atoms with Gasteiger partial charge in [-0.25, -0.2) is 0 Å². The van der Waals surface area contributed by atoms with Gasteiger partial charge in [0, 0.05) is 0 Å². The highest BCUT2D eigenvalue weighted by Gasteiger charge is 2.63. The van der Waals surface area contributed by atoms with E-state index >= 15 is 0 Å². The first-order valence-electron chi connectivity index (χ1n) is 16.8. The Kier molecular flexibility index (Phi) is 8.58. The fraction of sp³-hybridized carbons (Fsp3) is 0.667. The Hall–Kier alpha value is -1.74. The summed E-state index contributed by atoms with van der Waals surface area (Å²) < 4.78 is 64.8. The Morgan fingerprint density at radius 2 is 1.26 bits per heavy atom. The summed E-state index contributed by atoms with van der Waals surface area (Å²) in [5.41, 5.74) is 0. The Bertz CT molecular complexity index is 1360. The van der Waals surface area contributed by atoms with Gasteiger partial charge in [0.05, 0.1) is 13.2 Å². The molecule has 5 aliphatic rings. The average Bonchev–Trinajstić information content (AvgIpc) is 3.76. The van der Waals surface area contributed by atoms with Crippen LogP contribution < -0.4 is 10.4 Å². The van der Waals surface area contributed by atoms with Crippen LogP contribution in [0.2, 0.25) is 5.04 Å². The monoisotopic (exact) mass is 670 g/mol.